The van der Waals surface area contributed by atoms with E-state index < -0.39 is 5.97 Å². The minimum Gasteiger partial charge on any atom is -0.492 e. The lowest BCUT2D eigenvalue weighted by Crippen LogP contribution is -2.44. The number of carboxylic acid groups (broad SMARTS) is 1. The molecule has 0 bridgehead atoms. The quantitative estimate of drug-likeness (QED) is 0.802. The molecular formula is C23H24ClNO3. The highest BCUT2D eigenvalue weighted by molar-refractivity contribution is 5.85. The zero-order valence-electron chi connectivity index (χ0n) is 15.7. The molecule has 1 spiro atoms. The normalized spacial score (nSPS) is 17.0. The van der Waals surface area contributed by atoms with Gasteiger partial charge >= 0.3 is 5.97 Å². The van der Waals surface area contributed by atoms with Crippen molar-refractivity contribution in [2.24, 2.45) is 0 Å². The number of fused-ring (bicyclic) bond motifs is 2. The van der Waals surface area contributed by atoms with Crippen LogP contribution >= 0.6 is 12.4 Å². The number of piperidine rings is 1. The van der Waals surface area contributed by atoms with E-state index in [2.05, 4.69) is 34.9 Å². The van der Waals surface area contributed by atoms with E-state index in [0.717, 1.165) is 42.8 Å². The second kappa shape index (κ2) is 8.68. The van der Waals surface area contributed by atoms with E-state index >= 15 is 0 Å². The fourth-order valence-electron chi connectivity index (χ4n) is 3.99. The standard InChI is InChI=1S/C23H23NO3.ClH/c25-22(26)10-13-24-14-11-23(12-15-24)17-27-21-16-19(8-9-20(21)23)7-6-18-4-2-1-3-5-18;/h1-5,8-9,16H,10-15,17H2,(H,25,26);1H. The van der Waals surface area contributed by atoms with Crippen molar-refractivity contribution < 1.29 is 14.6 Å². The first-order valence-corrected chi connectivity index (χ1v) is 9.43. The monoisotopic (exact) mass is 397 g/mol. The van der Waals surface area contributed by atoms with E-state index in [1.807, 2.05) is 30.3 Å². The van der Waals surface area contributed by atoms with Gasteiger partial charge < -0.3 is 14.7 Å². The number of likely N-dealkylation sites (tertiary alicyclic amines) is 1. The Bertz CT molecular complexity index is 893. The smallest absolute Gasteiger partial charge is 0.304 e. The van der Waals surface area contributed by atoms with Crippen LogP contribution in [0.5, 0.6) is 5.75 Å². The van der Waals surface area contributed by atoms with Crippen LogP contribution in [-0.2, 0) is 10.2 Å². The summed E-state index contributed by atoms with van der Waals surface area (Å²) in [5, 5.41) is 8.86. The second-order valence-corrected chi connectivity index (χ2v) is 7.38. The van der Waals surface area contributed by atoms with Crippen molar-refractivity contribution in [1.29, 1.82) is 0 Å². The maximum atomic E-state index is 10.8. The summed E-state index contributed by atoms with van der Waals surface area (Å²) in [6.45, 7) is 3.19. The molecule has 2 aromatic rings. The number of nitrogens with zero attached hydrogens (tertiary/aromatic N) is 1. The molecule has 0 unspecified atom stereocenters. The highest BCUT2D eigenvalue weighted by Crippen LogP contribution is 2.45. The van der Waals surface area contributed by atoms with E-state index in [1.54, 1.807) is 0 Å². The molecule has 5 heteroatoms. The van der Waals surface area contributed by atoms with Crippen LogP contribution in [0.15, 0.2) is 48.5 Å². The van der Waals surface area contributed by atoms with Gasteiger partial charge in [-0.3, -0.25) is 4.79 Å². The third kappa shape index (κ3) is 4.32. The lowest BCUT2D eigenvalue weighted by molar-refractivity contribution is -0.137. The summed E-state index contributed by atoms with van der Waals surface area (Å²) in [6, 6.07) is 16.3. The van der Waals surface area contributed by atoms with E-state index in [-0.39, 0.29) is 24.2 Å². The molecule has 2 aromatic carbocycles. The molecule has 0 aromatic heterocycles. The van der Waals surface area contributed by atoms with Gasteiger partial charge in [0.25, 0.3) is 0 Å². The number of aliphatic carboxylic acids is 1. The minimum atomic E-state index is -0.728. The van der Waals surface area contributed by atoms with Crippen LogP contribution in [0.25, 0.3) is 0 Å². The number of ether oxygens (including phenoxy) is 1. The van der Waals surface area contributed by atoms with Crippen LogP contribution in [0.4, 0.5) is 0 Å². The van der Waals surface area contributed by atoms with Crippen molar-refractivity contribution in [2.75, 3.05) is 26.2 Å². The number of rotatable bonds is 3. The van der Waals surface area contributed by atoms with E-state index in [9.17, 15) is 4.79 Å². The van der Waals surface area contributed by atoms with Crippen LogP contribution in [-0.4, -0.2) is 42.2 Å². The molecule has 2 aliphatic rings. The first-order valence-electron chi connectivity index (χ1n) is 9.43. The first kappa shape index (κ1) is 20.3. The molecule has 0 saturated carbocycles. The average molecular weight is 398 g/mol. The molecule has 0 atom stereocenters. The number of benzene rings is 2. The van der Waals surface area contributed by atoms with Crippen LogP contribution in [0.1, 0.15) is 36.0 Å². The lowest BCUT2D eigenvalue weighted by Gasteiger charge is -2.38. The molecule has 1 fully saturated rings. The fourth-order valence-corrected chi connectivity index (χ4v) is 3.99. The Hall–Kier alpha value is -2.48. The maximum absolute atomic E-state index is 10.8. The summed E-state index contributed by atoms with van der Waals surface area (Å²) in [5.41, 5.74) is 3.32. The van der Waals surface area contributed by atoms with Crippen molar-refractivity contribution in [3.05, 3.63) is 65.2 Å². The maximum Gasteiger partial charge on any atom is 0.304 e. The first-order chi connectivity index (χ1) is 13.1. The highest BCUT2D eigenvalue weighted by atomic mass is 35.5. The third-order valence-corrected chi connectivity index (χ3v) is 5.64. The minimum absolute atomic E-state index is 0. The van der Waals surface area contributed by atoms with Crippen LogP contribution in [0.2, 0.25) is 0 Å². The Balaban J connectivity index is 0.00000225. The Labute approximate surface area is 171 Å². The fraction of sp³-hybridized carbons (Fsp3) is 0.348. The average Bonchev–Trinajstić information content (AvgIpc) is 3.04. The lowest BCUT2D eigenvalue weighted by atomic mass is 9.74. The Morgan fingerprint density at radius 1 is 1.07 bits per heavy atom. The van der Waals surface area contributed by atoms with Gasteiger partial charge in [-0.25, -0.2) is 0 Å². The largest absolute Gasteiger partial charge is 0.492 e. The molecule has 0 radical (unpaired) electrons. The van der Waals surface area contributed by atoms with E-state index in [4.69, 9.17) is 9.84 Å². The molecule has 2 aliphatic heterocycles. The van der Waals surface area contributed by atoms with Crippen molar-refractivity contribution in [2.45, 2.75) is 24.7 Å². The van der Waals surface area contributed by atoms with Crippen LogP contribution in [0.3, 0.4) is 0 Å². The number of hydrogen-bond donors (Lipinski definition) is 1. The summed E-state index contributed by atoms with van der Waals surface area (Å²) < 4.78 is 6.04. The number of carbonyl (C=O) groups is 1. The zero-order chi connectivity index (χ0) is 18.7. The zero-order valence-corrected chi connectivity index (χ0v) is 16.5. The Morgan fingerprint density at radius 3 is 2.50 bits per heavy atom. The molecule has 146 valence electrons. The molecule has 0 aliphatic carbocycles. The van der Waals surface area contributed by atoms with Gasteiger partial charge in [-0.05, 0) is 50.2 Å². The second-order valence-electron chi connectivity index (χ2n) is 7.38. The van der Waals surface area contributed by atoms with Gasteiger partial charge in [0, 0.05) is 28.7 Å². The molecule has 1 N–H and O–H groups in total. The third-order valence-electron chi connectivity index (χ3n) is 5.64. The summed E-state index contributed by atoms with van der Waals surface area (Å²) in [5.74, 6) is 6.64. The van der Waals surface area contributed by atoms with Gasteiger partial charge in [0.1, 0.15) is 5.75 Å². The molecule has 2 heterocycles. The van der Waals surface area contributed by atoms with E-state index in [0.29, 0.717) is 13.2 Å². The number of halogens is 1. The predicted molar refractivity (Wildman–Crippen MR) is 111 cm³/mol. The summed E-state index contributed by atoms with van der Waals surface area (Å²) in [7, 11) is 0. The number of hydrogen-bond acceptors (Lipinski definition) is 3. The van der Waals surface area contributed by atoms with Crippen molar-refractivity contribution in [1.82, 2.24) is 4.90 Å². The molecular weight excluding hydrogens is 374 g/mol. The summed E-state index contributed by atoms with van der Waals surface area (Å²) in [4.78, 5) is 13.0. The topological polar surface area (TPSA) is 49.8 Å². The van der Waals surface area contributed by atoms with Crippen molar-refractivity contribution >= 4 is 18.4 Å². The highest BCUT2D eigenvalue weighted by Gasteiger charge is 2.42. The molecule has 4 rings (SSSR count). The molecule has 1 saturated heterocycles. The van der Waals surface area contributed by atoms with Gasteiger partial charge in [-0.1, -0.05) is 36.1 Å². The van der Waals surface area contributed by atoms with Gasteiger partial charge in [0.05, 0.1) is 13.0 Å². The summed E-state index contributed by atoms with van der Waals surface area (Å²) >= 11 is 0. The van der Waals surface area contributed by atoms with Gasteiger partial charge in [0.15, 0.2) is 0 Å². The number of carboxylic acids is 1. The Kier molecular flexibility index (Phi) is 6.28. The SMILES string of the molecule is Cl.O=C(O)CCN1CCC2(CC1)COc1cc(C#Cc3ccccc3)ccc12. The van der Waals surface area contributed by atoms with Crippen LogP contribution < -0.4 is 4.74 Å². The van der Waals surface area contributed by atoms with Crippen LogP contribution in [0, 0.1) is 11.8 Å². The van der Waals surface area contributed by atoms with Gasteiger partial charge in [0.2, 0.25) is 0 Å². The van der Waals surface area contributed by atoms with Gasteiger partial charge in [-0.2, -0.15) is 0 Å². The molecule has 0 amide bonds. The Morgan fingerprint density at radius 2 is 1.79 bits per heavy atom. The van der Waals surface area contributed by atoms with Crippen molar-refractivity contribution in [3.63, 3.8) is 0 Å². The molecule has 4 nitrogen and oxygen atoms in total. The van der Waals surface area contributed by atoms with Gasteiger partial charge in [-0.15, -0.1) is 12.4 Å². The predicted octanol–water partition coefficient (Wildman–Crippen LogP) is 3.71. The van der Waals surface area contributed by atoms with E-state index in [1.165, 1.54) is 5.56 Å². The molecule has 28 heavy (non-hydrogen) atoms. The summed E-state index contributed by atoms with van der Waals surface area (Å²) in [6.07, 6.45) is 2.23. The van der Waals surface area contributed by atoms with Crippen molar-refractivity contribution in [3.8, 4) is 17.6 Å².